The van der Waals surface area contributed by atoms with Crippen molar-refractivity contribution in [3.8, 4) is 5.75 Å². The Bertz CT molecular complexity index is 693. The second-order valence-electron chi connectivity index (χ2n) is 5.83. The van der Waals surface area contributed by atoms with Crippen molar-refractivity contribution in [3.05, 3.63) is 42.5 Å². The first-order chi connectivity index (χ1) is 11.6. The fraction of sp³-hybridized carbons (Fsp3) is 0.368. The molecule has 0 aliphatic rings. The molecule has 24 heavy (non-hydrogen) atoms. The van der Waals surface area contributed by atoms with E-state index in [1.165, 1.54) is 0 Å². The van der Waals surface area contributed by atoms with Gasteiger partial charge in [-0.15, -0.1) is 0 Å². The zero-order chi connectivity index (χ0) is 17.4. The van der Waals surface area contributed by atoms with Gasteiger partial charge in [0.1, 0.15) is 5.75 Å². The summed E-state index contributed by atoms with van der Waals surface area (Å²) >= 11 is 0. The summed E-state index contributed by atoms with van der Waals surface area (Å²) in [7, 11) is 0. The van der Waals surface area contributed by atoms with E-state index in [1.54, 1.807) is 0 Å². The molecule has 0 saturated heterocycles. The highest BCUT2D eigenvalue weighted by Gasteiger charge is 2.09. The third-order valence-electron chi connectivity index (χ3n) is 3.75. The van der Waals surface area contributed by atoms with Gasteiger partial charge < -0.3 is 15.2 Å². The molecule has 0 saturated carbocycles. The molecule has 0 spiro atoms. The fourth-order valence-corrected chi connectivity index (χ4v) is 2.50. The summed E-state index contributed by atoms with van der Waals surface area (Å²) < 4.78 is 5.80. The minimum Gasteiger partial charge on any atom is -0.493 e. The topological polar surface area (TPSA) is 75.6 Å². The number of carbonyl (C=O) groups excluding carboxylic acids is 1. The molecule has 5 nitrogen and oxygen atoms in total. The summed E-state index contributed by atoms with van der Waals surface area (Å²) in [5.41, 5.74) is 0. The number of benzene rings is 2. The maximum absolute atomic E-state index is 11.8. The zero-order valence-corrected chi connectivity index (χ0v) is 13.8. The van der Waals surface area contributed by atoms with Crippen molar-refractivity contribution in [1.82, 2.24) is 5.32 Å². The van der Waals surface area contributed by atoms with E-state index in [4.69, 9.17) is 9.84 Å². The summed E-state index contributed by atoms with van der Waals surface area (Å²) in [5.74, 6) is -0.0997. The van der Waals surface area contributed by atoms with E-state index >= 15 is 0 Å². The molecule has 128 valence electrons. The van der Waals surface area contributed by atoms with Crippen LogP contribution in [0.25, 0.3) is 10.8 Å². The van der Waals surface area contributed by atoms with Crippen molar-refractivity contribution >= 4 is 22.6 Å². The van der Waals surface area contributed by atoms with Gasteiger partial charge in [-0.3, -0.25) is 9.59 Å². The Morgan fingerprint density at radius 2 is 1.88 bits per heavy atom. The van der Waals surface area contributed by atoms with Crippen molar-refractivity contribution in [1.29, 1.82) is 0 Å². The normalized spacial score (nSPS) is 11.9. The predicted octanol–water partition coefficient (Wildman–Crippen LogP) is 3.37. The molecule has 2 N–H and O–H groups in total. The molecule has 0 fully saturated rings. The summed E-state index contributed by atoms with van der Waals surface area (Å²) in [6.07, 6.45) is 1.47. The number of carboxylic acid groups (broad SMARTS) is 1. The first kappa shape index (κ1) is 17.8. The number of fused-ring (bicyclic) bond motifs is 1. The molecule has 0 aromatic heterocycles. The van der Waals surface area contributed by atoms with E-state index in [9.17, 15) is 9.59 Å². The lowest BCUT2D eigenvalue weighted by atomic mass is 10.1. The van der Waals surface area contributed by atoms with Crippen molar-refractivity contribution in [3.63, 3.8) is 0 Å². The summed E-state index contributed by atoms with van der Waals surface area (Å²) in [6, 6.07) is 13.8. The third kappa shape index (κ3) is 5.57. The van der Waals surface area contributed by atoms with Crippen LogP contribution in [0.3, 0.4) is 0 Å². The van der Waals surface area contributed by atoms with Crippen LogP contribution in [0.4, 0.5) is 0 Å². The maximum Gasteiger partial charge on any atom is 0.303 e. The third-order valence-corrected chi connectivity index (χ3v) is 3.75. The molecule has 2 aromatic rings. The van der Waals surface area contributed by atoms with E-state index in [-0.39, 0.29) is 18.4 Å². The van der Waals surface area contributed by atoms with E-state index in [1.807, 2.05) is 49.4 Å². The van der Waals surface area contributed by atoms with Gasteiger partial charge in [0.25, 0.3) is 0 Å². The molecule has 0 bridgehead atoms. The molecular formula is C19H23NO4. The average molecular weight is 329 g/mol. The zero-order valence-electron chi connectivity index (χ0n) is 13.8. The van der Waals surface area contributed by atoms with Crippen LogP contribution in [0.15, 0.2) is 42.5 Å². The van der Waals surface area contributed by atoms with Gasteiger partial charge in [-0.05, 0) is 31.2 Å². The Morgan fingerprint density at radius 3 is 2.67 bits per heavy atom. The quantitative estimate of drug-likeness (QED) is 0.692. The molecule has 0 radical (unpaired) electrons. The lowest BCUT2D eigenvalue weighted by Crippen LogP contribution is -2.32. The van der Waals surface area contributed by atoms with Crippen molar-refractivity contribution in [2.75, 3.05) is 6.61 Å². The van der Waals surface area contributed by atoms with Crippen LogP contribution in [0.2, 0.25) is 0 Å². The lowest BCUT2D eigenvalue weighted by molar-refractivity contribution is -0.137. The van der Waals surface area contributed by atoms with Crippen LogP contribution < -0.4 is 10.1 Å². The predicted molar refractivity (Wildman–Crippen MR) is 93.2 cm³/mol. The Labute approximate surface area is 141 Å². The van der Waals surface area contributed by atoms with Crippen molar-refractivity contribution < 1.29 is 19.4 Å². The second-order valence-corrected chi connectivity index (χ2v) is 5.83. The second kappa shape index (κ2) is 8.91. The number of ether oxygens (including phenoxy) is 1. The monoisotopic (exact) mass is 329 g/mol. The number of carboxylic acids is 1. The number of hydrogen-bond donors (Lipinski definition) is 2. The Hall–Kier alpha value is -2.56. The molecule has 1 unspecified atom stereocenters. The molecule has 2 rings (SSSR count). The van der Waals surface area contributed by atoms with Crippen LogP contribution in [0, 0.1) is 0 Å². The standard InChI is InChI=1S/C19H23NO4/c1-14(11-12-19(22)23)20-18(21)10-5-13-24-17-9-4-7-15-6-2-3-8-16(15)17/h2-4,6-9,14H,5,10-13H2,1H3,(H,20,21)(H,22,23). The lowest BCUT2D eigenvalue weighted by Gasteiger charge is -2.13. The summed E-state index contributed by atoms with van der Waals surface area (Å²) in [5, 5.41) is 13.6. The van der Waals surface area contributed by atoms with E-state index in [0.29, 0.717) is 25.9 Å². The minimum absolute atomic E-state index is 0.0612. The average Bonchev–Trinajstić information content (AvgIpc) is 2.57. The Kier molecular flexibility index (Phi) is 6.61. The van der Waals surface area contributed by atoms with Gasteiger partial charge in [0, 0.05) is 24.3 Å². The molecule has 1 amide bonds. The summed E-state index contributed by atoms with van der Waals surface area (Å²) in [4.78, 5) is 22.3. The molecular weight excluding hydrogens is 306 g/mol. The van der Waals surface area contributed by atoms with Crippen LogP contribution in [-0.4, -0.2) is 29.6 Å². The van der Waals surface area contributed by atoms with Crippen LogP contribution >= 0.6 is 0 Å². The molecule has 2 aromatic carbocycles. The first-order valence-corrected chi connectivity index (χ1v) is 8.18. The van der Waals surface area contributed by atoms with Gasteiger partial charge in [-0.1, -0.05) is 36.4 Å². The molecule has 1 atom stereocenters. The maximum atomic E-state index is 11.8. The fourth-order valence-electron chi connectivity index (χ4n) is 2.50. The Morgan fingerprint density at radius 1 is 1.12 bits per heavy atom. The van der Waals surface area contributed by atoms with Gasteiger partial charge in [0.2, 0.25) is 5.91 Å². The first-order valence-electron chi connectivity index (χ1n) is 8.18. The Balaban J connectivity index is 1.72. The number of hydrogen-bond acceptors (Lipinski definition) is 3. The van der Waals surface area contributed by atoms with Gasteiger partial charge in [0.15, 0.2) is 0 Å². The van der Waals surface area contributed by atoms with Crippen LogP contribution in [0.5, 0.6) is 5.75 Å². The number of aliphatic carboxylic acids is 1. The molecule has 0 aliphatic carbocycles. The number of carbonyl (C=O) groups is 2. The van der Waals surface area contributed by atoms with Gasteiger partial charge in [0.05, 0.1) is 6.61 Å². The highest BCUT2D eigenvalue weighted by atomic mass is 16.5. The SMILES string of the molecule is CC(CCC(=O)O)NC(=O)CCCOc1cccc2ccccc12. The minimum atomic E-state index is -0.848. The highest BCUT2D eigenvalue weighted by molar-refractivity contribution is 5.88. The van der Waals surface area contributed by atoms with Gasteiger partial charge in [-0.25, -0.2) is 0 Å². The highest BCUT2D eigenvalue weighted by Crippen LogP contribution is 2.25. The van der Waals surface area contributed by atoms with Crippen molar-refractivity contribution in [2.24, 2.45) is 0 Å². The van der Waals surface area contributed by atoms with Gasteiger partial charge in [-0.2, -0.15) is 0 Å². The number of amides is 1. The van der Waals surface area contributed by atoms with Crippen molar-refractivity contribution in [2.45, 2.75) is 38.6 Å². The van der Waals surface area contributed by atoms with E-state index in [2.05, 4.69) is 5.32 Å². The molecule has 0 heterocycles. The van der Waals surface area contributed by atoms with Crippen LogP contribution in [0.1, 0.15) is 32.6 Å². The number of rotatable bonds is 9. The van der Waals surface area contributed by atoms with E-state index in [0.717, 1.165) is 16.5 Å². The van der Waals surface area contributed by atoms with Crippen LogP contribution in [-0.2, 0) is 9.59 Å². The molecule has 0 aliphatic heterocycles. The smallest absolute Gasteiger partial charge is 0.303 e. The molecule has 5 heteroatoms. The van der Waals surface area contributed by atoms with Gasteiger partial charge >= 0.3 is 5.97 Å². The number of nitrogens with one attached hydrogen (secondary N) is 1. The van der Waals surface area contributed by atoms with E-state index < -0.39 is 5.97 Å². The largest absolute Gasteiger partial charge is 0.493 e. The summed E-state index contributed by atoms with van der Waals surface area (Å²) in [6.45, 7) is 2.28.